The highest BCUT2D eigenvalue weighted by Gasteiger charge is 2.14. The number of carbonyl (C=O) groups is 1. The maximum Gasteiger partial charge on any atom is 0.300 e. The molecule has 0 atom stereocenters. The molecule has 0 radical (unpaired) electrons. The number of terminal acetylenes is 1. The molecule has 0 N–H and O–H groups in total. The first-order chi connectivity index (χ1) is 11.5. The number of carbonyl (C=O) groups excluding carboxylic acids is 1. The van der Waals surface area contributed by atoms with Crippen LogP contribution in [0.2, 0.25) is 0 Å². The molecule has 0 aliphatic heterocycles. The number of aromatic nitrogens is 3. The first-order valence-electron chi connectivity index (χ1n) is 7.08. The summed E-state index contributed by atoms with van der Waals surface area (Å²) in [6.07, 6.45) is 6.98. The van der Waals surface area contributed by atoms with Gasteiger partial charge in [0, 0.05) is 18.8 Å². The van der Waals surface area contributed by atoms with Gasteiger partial charge in [0.05, 0.1) is 16.8 Å². The molecule has 0 aliphatic carbocycles. The van der Waals surface area contributed by atoms with Crippen molar-refractivity contribution in [1.29, 1.82) is 0 Å². The summed E-state index contributed by atoms with van der Waals surface area (Å²) in [6.45, 7) is 2.53. The van der Waals surface area contributed by atoms with E-state index in [0.29, 0.717) is 11.2 Å². The topological polar surface area (TPSA) is 52.2 Å². The largest absolute Gasteiger partial charge is 0.302 e. The smallest absolute Gasteiger partial charge is 0.300 e. The first-order valence-corrected chi connectivity index (χ1v) is 7.89. The minimum atomic E-state index is -0.749. The van der Waals surface area contributed by atoms with E-state index in [-0.39, 0.29) is 22.6 Å². The third-order valence-corrected chi connectivity index (χ3v) is 4.35. The Kier molecular flexibility index (Phi) is 4.27. The molecule has 0 fully saturated rings. The lowest BCUT2D eigenvalue weighted by atomic mass is 10.3. The summed E-state index contributed by atoms with van der Waals surface area (Å²) in [5.74, 6) is 0.370. The predicted octanol–water partition coefficient (Wildman–Crippen LogP) is 2.57. The van der Waals surface area contributed by atoms with Gasteiger partial charge in [0.25, 0.3) is 5.91 Å². The number of hydrogen-bond donors (Lipinski definition) is 0. The number of halogens is 2. The highest BCUT2D eigenvalue weighted by molar-refractivity contribution is 7.16. The van der Waals surface area contributed by atoms with Crippen molar-refractivity contribution in [2.45, 2.75) is 20.0 Å². The number of rotatable bonds is 3. The van der Waals surface area contributed by atoms with Crippen LogP contribution in [-0.4, -0.2) is 20.3 Å². The first kappa shape index (κ1) is 16.1. The zero-order valence-electron chi connectivity index (χ0n) is 12.7. The minimum absolute atomic E-state index is 0.0120. The molecule has 24 heavy (non-hydrogen) atoms. The maximum atomic E-state index is 14.1. The Morgan fingerprint density at radius 3 is 2.92 bits per heavy atom. The van der Waals surface area contributed by atoms with Gasteiger partial charge in [-0.3, -0.25) is 9.48 Å². The molecule has 3 aromatic rings. The van der Waals surface area contributed by atoms with Gasteiger partial charge in [0.2, 0.25) is 0 Å². The summed E-state index contributed by atoms with van der Waals surface area (Å²) in [6, 6.07) is 3.51. The van der Waals surface area contributed by atoms with Gasteiger partial charge in [-0.15, -0.1) is 6.42 Å². The molecule has 5 nitrogen and oxygen atoms in total. The third kappa shape index (κ3) is 2.86. The molecule has 122 valence electrons. The van der Waals surface area contributed by atoms with Crippen LogP contribution in [0.5, 0.6) is 0 Å². The number of benzene rings is 1. The second-order valence-corrected chi connectivity index (χ2v) is 5.89. The molecule has 0 unspecified atom stereocenters. The fourth-order valence-corrected chi connectivity index (χ4v) is 3.32. The molecule has 2 aromatic heterocycles. The van der Waals surface area contributed by atoms with Gasteiger partial charge in [0.1, 0.15) is 5.82 Å². The molecule has 0 saturated carbocycles. The van der Waals surface area contributed by atoms with Crippen molar-refractivity contribution in [1.82, 2.24) is 14.3 Å². The van der Waals surface area contributed by atoms with Crippen molar-refractivity contribution < 1.29 is 13.6 Å². The number of nitrogens with zero attached hydrogens (tertiary/aromatic N) is 4. The highest BCUT2D eigenvalue weighted by Crippen LogP contribution is 2.22. The number of aryl methyl sites for hydroxylation is 1. The lowest BCUT2D eigenvalue weighted by molar-refractivity contribution is 0.0992. The quantitative estimate of drug-likeness (QED) is 0.685. The van der Waals surface area contributed by atoms with Crippen LogP contribution in [-0.2, 0) is 13.1 Å². The number of amides is 1. The fraction of sp³-hybridized carbons (Fsp3) is 0.188. The zero-order chi connectivity index (χ0) is 17.3. The van der Waals surface area contributed by atoms with Gasteiger partial charge in [0.15, 0.2) is 16.3 Å². The average Bonchev–Trinajstić information content (AvgIpc) is 3.13. The molecule has 3 rings (SSSR count). The molecule has 0 saturated heterocycles. The molecule has 1 amide bonds. The van der Waals surface area contributed by atoms with Gasteiger partial charge in [-0.1, -0.05) is 17.3 Å². The summed E-state index contributed by atoms with van der Waals surface area (Å²) >= 11 is 0.993. The molecule has 8 heteroatoms. The average molecular weight is 346 g/mol. The molecule has 1 aromatic carbocycles. The van der Waals surface area contributed by atoms with E-state index in [1.54, 1.807) is 16.9 Å². The SMILES string of the molecule is C#CCn1c(=NC(=O)c2ccn(CC)n2)sc2cc(F)cc(F)c21. The third-order valence-electron chi connectivity index (χ3n) is 3.33. The fourth-order valence-electron chi connectivity index (χ4n) is 2.25. The Hall–Kier alpha value is -2.79. The van der Waals surface area contributed by atoms with Crippen molar-refractivity contribution in [2.24, 2.45) is 4.99 Å². The van der Waals surface area contributed by atoms with Crippen LogP contribution in [0.4, 0.5) is 8.78 Å². The predicted molar refractivity (Wildman–Crippen MR) is 86.4 cm³/mol. The summed E-state index contributed by atoms with van der Waals surface area (Å²) in [5, 5.41) is 4.08. The molecule has 0 bridgehead atoms. The maximum absolute atomic E-state index is 14.1. The van der Waals surface area contributed by atoms with Crippen molar-refractivity contribution >= 4 is 27.5 Å². The minimum Gasteiger partial charge on any atom is -0.302 e. The van der Waals surface area contributed by atoms with Crippen molar-refractivity contribution in [2.75, 3.05) is 0 Å². The molecule has 0 aliphatic rings. The Morgan fingerprint density at radius 1 is 1.46 bits per heavy atom. The van der Waals surface area contributed by atoms with Crippen LogP contribution >= 0.6 is 11.3 Å². The van der Waals surface area contributed by atoms with Crippen molar-refractivity contribution in [3.63, 3.8) is 0 Å². The monoisotopic (exact) mass is 346 g/mol. The zero-order valence-corrected chi connectivity index (χ0v) is 13.5. The van der Waals surface area contributed by atoms with Gasteiger partial charge in [-0.05, 0) is 19.1 Å². The van der Waals surface area contributed by atoms with Crippen LogP contribution < -0.4 is 4.80 Å². The lowest BCUT2D eigenvalue weighted by Gasteiger charge is -2.00. The Balaban J connectivity index is 2.17. The van der Waals surface area contributed by atoms with Crippen LogP contribution in [0.25, 0.3) is 10.2 Å². The molecular weight excluding hydrogens is 334 g/mol. The Morgan fingerprint density at radius 2 is 2.25 bits per heavy atom. The van der Waals surface area contributed by atoms with Crippen LogP contribution in [0.3, 0.4) is 0 Å². The standard InChI is InChI=1S/C16H12F2N4OS/c1-3-6-22-14-11(18)8-10(17)9-13(14)24-16(22)19-15(23)12-5-7-21(4-2)20-12/h1,5,7-9H,4,6H2,2H3. The van der Waals surface area contributed by atoms with E-state index in [9.17, 15) is 13.6 Å². The second kappa shape index (κ2) is 6.37. The van der Waals surface area contributed by atoms with E-state index in [2.05, 4.69) is 16.0 Å². The van der Waals surface area contributed by atoms with Crippen LogP contribution in [0.1, 0.15) is 17.4 Å². The van der Waals surface area contributed by atoms with Crippen molar-refractivity contribution in [3.8, 4) is 12.3 Å². The summed E-state index contributed by atoms with van der Waals surface area (Å²) in [4.78, 5) is 16.4. The van der Waals surface area contributed by atoms with Crippen LogP contribution in [0.15, 0.2) is 29.4 Å². The number of fused-ring (bicyclic) bond motifs is 1. The summed E-state index contributed by atoms with van der Waals surface area (Å²) < 4.78 is 30.8. The van der Waals surface area contributed by atoms with E-state index in [4.69, 9.17) is 6.42 Å². The van der Waals surface area contributed by atoms with Gasteiger partial charge >= 0.3 is 0 Å². The molecular formula is C16H12F2N4OS. The normalized spacial score (nSPS) is 11.8. The highest BCUT2D eigenvalue weighted by atomic mass is 32.1. The van der Waals surface area contributed by atoms with Crippen molar-refractivity contribution in [3.05, 3.63) is 46.5 Å². The molecule has 0 spiro atoms. The van der Waals surface area contributed by atoms with E-state index in [1.807, 2.05) is 6.92 Å². The Bertz CT molecular complexity index is 1040. The summed E-state index contributed by atoms with van der Waals surface area (Å²) in [5.41, 5.74) is 0.304. The second-order valence-electron chi connectivity index (χ2n) is 4.88. The van der Waals surface area contributed by atoms with Gasteiger partial charge in [-0.25, -0.2) is 8.78 Å². The number of thiazole rings is 1. The summed E-state index contributed by atoms with van der Waals surface area (Å²) in [7, 11) is 0. The molecule has 2 heterocycles. The van der Waals surface area contributed by atoms with E-state index >= 15 is 0 Å². The van der Waals surface area contributed by atoms with Crippen LogP contribution in [0, 0.1) is 24.0 Å². The van der Waals surface area contributed by atoms with E-state index < -0.39 is 17.5 Å². The van der Waals surface area contributed by atoms with E-state index in [1.165, 1.54) is 10.6 Å². The number of hydrogen-bond acceptors (Lipinski definition) is 3. The van der Waals surface area contributed by atoms with Gasteiger partial charge < -0.3 is 4.57 Å². The van der Waals surface area contributed by atoms with Gasteiger partial charge in [-0.2, -0.15) is 10.1 Å². The Labute approximate surface area is 139 Å². The lowest BCUT2D eigenvalue weighted by Crippen LogP contribution is -2.17. The van der Waals surface area contributed by atoms with E-state index in [0.717, 1.165) is 17.4 Å².